The molecule has 0 saturated heterocycles. The lowest BCUT2D eigenvalue weighted by Crippen LogP contribution is -2.47. The van der Waals surface area contributed by atoms with Gasteiger partial charge in [0.25, 0.3) is 0 Å². The Kier molecular flexibility index (Phi) is 52.0. The van der Waals surface area contributed by atoms with Gasteiger partial charge in [-0.25, -0.2) is 0 Å². The summed E-state index contributed by atoms with van der Waals surface area (Å²) >= 11 is 0. The molecule has 4 atom stereocenters. The van der Waals surface area contributed by atoms with Crippen LogP contribution in [0.3, 0.4) is 0 Å². The van der Waals surface area contributed by atoms with E-state index in [1.54, 1.807) is 17.9 Å². The lowest BCUT2D eigenvalue weighted by molar-refractivity contribution is -0.156. The Morgan fingerprint density at radius 2 is 0.841 bits per heavy atom. The number of esters is 5. The van der Waals surface area contributed by atoms with Crippen LogP contribution in [0.25, 0.3) is 0 Å². The number of nitrogens with zero attached hydrogens (tertiary/aromatic N) is 2. The third-order valence-electron chi connectivity index (χ3n) is 14.8. The summed E-state index contributed by atoms with van der Waals surface area (Å²) in [7, 11) is 3.88. The Morgan fingerprint density at radius 1 is 0.427 bits per heavy atom. The number of hydrogen-bond donors (Lipinski definition) is 0. The summed E-state index contributed by atoms with van der Waals surface area (Å²) in [6.07, 6.45) is 32.2. The molecule has 82 heavy (non-hydrogen) atoms. The second-order valence-corrected chi connectivity index (χ2v) is 22.8. The van der Waals surface area contributed by atoms with Crippen molar-refractivity contribution < 1.29 is 61.9 Å². The van der Waals surface area contributed by atoms with E-state index in [2.05, 4.69) is 48.1 Å². The summed E-state index contributed by atoms with van der Waals surface area (Å²) in [4.78, 5) is 86.7. The third kappa shape index (κ3) is 42.6. The number of rotatable bonds is 58. The monoisotopic (exact) mass is 1160 g/mol. The van der Waals surface area contributed by atoms with Gasteiger partial charge in [0, 0.05) is 13.0 Å². The molecule has 0 heterocycles. The molecule has 0 rings (SSSR count). The summed E-state index contributed by atoms with van der Waals surface area (Å²) in [6, 6.07) is -0.886. The molecule has 0 aromatic heterocycles. The molecule has 0 spiro atoms. The Hall–Kier alpha value is -4.14. The van der Waals surface area contributed by atoms with Gasteiger partial charge in [0.15, 0.2) is 0 Å². The summed E-state index contributed by atoms with van der Waals surface area (Å²) in [5.74, 6) is -5.42. The predicted octanol–water partition coefficient (Wildman–Crippen LogP) is 15.7. The zero-order chi connectivity index (χ0) is 60.9. The van der Waals surface area contributed by atoms with Crippen molar-refractivity contribution in [3.8, 4) is 0 Å². The van der Waals surface area contributed by atoms with Gasteiger partial charge >= 0.3 is 29.8 Å². The minimum atomic E-state index is -1.20. The molecule has 0 fully saturated rings. The largest absolute Gasteiger partial charge is 0.495 e. The Labute approximate surface area is 500 Å². The van der Waals surface area contributed by atoms with E-state index >= 15 is 0 Å². The number of allylic oxidation sites excluding steroid dienone is 1. The fraction of sp³-hybridized carbons (Fsp3) is 0.851. The maximum absolute atomic E-state index is 14.7. The van der Waals surface area contributed by atoms with E-state index in [4.69, 9.17) is 33.2 Å². The molecule has 15 nitrogen and oxygen atoms in total. The molecule has 4 unspecified atom stereocenters. The highest BCUT2D eigenvalue weighted by molar-refractivity contribution is 5.83. The molecular formula is C67H122N2O13. The molecule has 0 saturated carbocycles. The van der Waals surface area contributed by atoms with E-state index < -0.39 is 47.7 Å². The molecule has 0 N–H and O–H groups in total. The first-order chi connectivity index (χ1) is 39.7. The summed E-state index contributed by atoms with van der Waals surface area (Å²) in [5.41, 5.74) is 0. The van der Waals surface area contributed by atoms with Gasteiger partial charge in [-0.1, -0.05) is 202 Å². The third-order valence-corrected chi connectivity index (χ3v) is 14.8. The van der Waals surface area contributed by atoms with Crippen molar-refractivity contribution in [2.75, 3.05) is 66.8 Å². The molecule has 0 aromatic carbocycles. The van der Waals surface area contributed by atoms with E-state index in [-0.39, 0.29) is 95.4 Å². The number of carbonyl (C=O) groups is 6. The van der Waals surface area contributed by atoms with Crippen LogP contribution in [0.2, 0.25) is 0 Å². The Morgan fingerprint density at radius 3 is 1.30 bits per heavy atom. The summed E-state index contributed by atoms with van der Waals surface area (Å²) < 4.78 is 41.8. The standard InChI is InChI=1S/C67H122N2O13/c1-11-18-23-28-30-32-34-39-48-76-64(72)52-59(66(74)78-50-37-26-21-14-4)56(8)80-54-57(69(47-41-46-68(9)10)62(70)44-45-63(71)82-58(42-16-6)43-36-25-20-13-3)55-81-61(17-7)60(67(75)79-51-38-27-22-15-5)53-65(73)77-49-40-35-33-31-29-24-19-12-2/h17,57-60H,8,11-16,18-55H2,1-7,9-10H3/b61-17-. The summed E-state index contributed by atoms with van der Waals surface area (Å²) in [6.45, 7) is 19.9. The lowest BCUT2D eigenvalue weighted by atomic mass is 10.0. The number of hydrogen-bond acceptors (Lipinski definition) is 14. The molecule has 478 valence electrons. The van der Waals surface area contributed by atoms with Gasteiger partial charge in [-0.15, -0.1) is 0 Å². The van der Waals surface area contributed by atoms with Crippen LogP contribution in [0.5, 0.6) is 0 Å². The molecule has 0 aliphatic heterocycles. The van der Waals surface area contributed by atoms with Crippen LogP contribution in [0, 0.1) is 11.8 Å². The van der Waals surface area contributed by atoms with Crippen LogP contribution in [0.15, 0.2) is 24.2 Å². The van der Waals surface area contributed by atoms with Crippen molar-refractivity contribution in [2.45, 2.75) is 292 Å². The van der Waals surface area contributed by atoms with Crippen molar-refractivity contribution in [3.05, 3.63) is 24.2 Å². The van der Waals surface area contributed by atoms with Crippen molar-refractivity contribution in [1.82, 2.24) is 9.80 Å². The first-order valence-corrected chi connectivity index (χ1v) is 33.1. The average Bonchev–Trinajstić information content (AvgIpc) is 3.46. The summed E-state index contributed by atoms with van der Waals surface area (Å²) in [5, 5.41) is 0. The average molecular weight is 1160 g/mol. The van der Waals surface area contributed by atoms with E-state index in [9.17, 15) is 28.8 Å². The van der Waals surface area contributed by atoms with Crippen molar-refractivity contribution in [2.24, 2.45) is 11.8 Å². The number of unbranched alkanes of at least 4 members (excludes halogenated alkanes) is 23. The fourth-order valence-electron chi connectivity index (χ4n) is 9.69. The van der Waals surface area contributed by atoms with Crippen LogP contribution in [0.1, 0.15) is 280 Å². The fourth-order valence-corrected chi connectivity index (χ4v) is 9.69. The Balaban J connectivity index is 7.00. The molecule has 0 bridgehead atoms. The molecule has 0 aromatic rings. The highest BCUT2D eigenvalue weighted by Crippen LogP contribution is 2.25. The number of amides is 1. The SMILES string of the molecule is C=C(OCC(CO/C(=C\C)C(CC(=O)OCCCCCCCCCC)C(=O)OCCCCCC)N(CCCN(C)C)C(=O)CCC(=O)OC(CCC)CCCCCC)C(CC(=O)OCCCCCCCCCC)C(=O)OCCCCCC. The van der Waals surface area contributed by atoms with Crippen LogP contribution in [0.4, 0.5) is 0 Å². The minimum absolute atomic E-state index is 0.0345. The quantitative estimate of drug-likeness (QED) is 0.0243. The first kappa shape index (κ1) is 77.9. The molecule has 1 amide bonds. The lowest BCUT2D eigenvalue weighted by Gasteiger charge is -2.33. The van der Waals surface area contributed by atoms with Crippen LogP contribution < -0.4 is 0 Å². The van der Waals surface area contributed by atoms with Gasteiger partial charge in [0.05, 0.1) is 51.7 Å². The second-order valence-electron chi connectivity index (χ2n) is 22.8. The van der Waals surface area contributed by atoms with Gasteiger partial charge in [0.1, 0.15) is 42.7 Å². The number of carbonyl (C=O) groups excluding carboxylic acids is 6. The van der Waals surface area contributed by atoms with Gasteiger partial charge in [-0.05, 0) is 85.0 Å². The van der Waals surface area contributed by atoms with Crippen molar-refractivity contribution in [1.29, 1.82) is 0 Å². The van der Waals surface area contributed by atoms with E-state index in [0.717, 1.165) is 128 Å². The zero-order valence-electron chi connectivity index (χ0n) is 53.9. The second kappa shape index (κ2) is 54.8. The molecule has 0 aliphatic carbocycles. The van der Waals surface area contributed by atoms with E-state index in [0.29, 0.717) is 32.2 Å². The van der Waals surface area contributed by atoms with E-state index in [1.165, 1.54) is 51.4 Å². The molecule has 15 heteroatoms. The smallest absolute Gasteiger partial charge is 0.317 e. The zero-order valence-corrected chi connectivity index (χ0v) is 53.9. The minimum Gasteiger partial charge on any atom is -0.495 e. The van der Waals surface area contributed by atoms with Crippen LogP contribution >= 0.6 is 0 Å². The Bertz CT molecular complexity index is 1670. The van der Waals surface area contributed by atoms with Crippen LogP contribution in [-0.4, -0.2) is 125 Å². The number of ether oxygens (including phenoxy) is 7. The highest BCUT2D eigenvalue weighted by Gasteiger charge is 2.34. The van der Waals surface area contributed by atoms with Gasteiger partial charge in [-0.3, -0.25) is 28.8 Å². The molecule has 0 aliphatic rings. The van der Waals surface area contributed by atoms with Crippen molar-refractivity contribution in [3.63, 3.8) is 0 Å². The van der Waals surface area contributed by atoms with E-state index in [1.807, 2.05) is 19.0 Å². The van der Waals surface area contributed by atoms with Gasteiger partial charge < -0.3 is 43.0 Å². The highest BCUT2D eigenvalue weighted by atomic mass is 16.6. The van der Waals surface area contributed by atoms with Crippen LogP contribution in [-0.2, 0) is 61.9 Å². The predicted molar refractivity (Wildman–Crippen MR) is 330 cm³/mol. The van der Waals surface area contributed by atoms with Gasteiger partial charge in [0.2, 0.25) is 5.91 Å². The van der Waals surface area contributed by atoms with Gasteiger partial charge in [-0.2, -0.15) is 0 Å². The topological polar surface area (TPSA) is 174 Å². The normalized spacial score (nSPS) is 13.0. The maximum atomic E-state index is 14.7. The molecular weight excluding hydrogens is 1040 g/mol. The maximum Gasteiger partial charge on any atom is 0.317 e. The first-order valence-electron chi connectivity index (χ1n) is 33.1. The van der Waals surface area contributed by atoms with Crippen molar-refractivity contribution >= 4 is 35.8 Å². The molecule has 0 radical (unpaired) electrons.